The van der Waals surface area contributed by atoms with Crippen molar-refractivity contribution in [3.05, 3.63) is 23.8 Å². The molecule has 2 rings (SSSR count). The van der Waals surface area contributed by atoms with E-state index in [9.17, 15) is 4.79 Å². The van der Waals surface area contributed by atoms with Crippen LogP contribution in [0.3, 0.4) is 0 Å². The van der Waals surface area contributed by atoms with E-state index < -0.39 is 5.97 Å². The Labute approximate surface area is 101 Å². The number of nitrogen functional groups attached to an aromatic ring is 1. The van der Waals surface area contributed by atoms with Gasteiger partial charge in [0, 0.05) is 12.6 Å². The third-order valence-corrected chi connectivity index (χ3v) is 3.08. The molecular weight excluding hydrogens is 216 g/mol. The molecule has 1 aliphatic rings. The van der Waals surface area contributed by atoms with Crippen LogP contribution in [0.4, 0.5) is 11.4 Å². The first-order valence-corrected chi connectivity index (χ1v) is 6.03. The molecule has 1 aromatic rings. The third-order valence-electron chi connectivity index (χ3n) is 3.08. The predicted molar refractivity (Wildman–Crippen MR) is 68.5 cm³/mol. The second-order valence-corrected chi connectivity index (χ2v) is 4.47. The zero-order valence-electron chi connectivity index (χ0n) is 10.0. The molecule has 4 nitrogen and oxygen atoms in total. The molecule has 0 atom stereocenters. The molecule has 0 bridgehead atoms. The summed E-state index contributed by atoms with van der Waals surface area (Å²) in [5.41, 5.74) is 7.42. The van der Waals surface area contributed by atoms with Crippen molar-refractivity contribution in [1.29, 1.82) is 0 Å². The maximum Gasteiger partial charge on any atom is 0.337 e. The van der Waals surface area contributed by atoms with Gasteiger partial charge in [-0.05, 0) is 31.4 Å². The number of carboxylic acids is 1. The normalized spacial score (nSPS) is 14.6. The summed E-state index contributed by atoms with van der Waals surface area (Å²) >= 11 is 0. The smallest absolute Gasteiger partial charge is 0.337 e. The van der Waals surface area contributed by atoms with Crippen LogP contribution in [-0.2, 0) is 0 Å². The summed E-state index contributed by atoms with van der Waals surface area (Å²) in [6.07, 6.45) is 3.39. The molecule has 0 spiro atoms. The zero-order valence-corrected chi connectivity index (χ0v) is 10.0. The maximum absolute atomic E-state index is 11.0. The summed E-state index contributed by atoms with van der Waals surface area (Å²) in [5, 5.41) is 9.06. The topological polar surface area (TPSA) is 66.6 Å². The molecular formula is C13H18N2O2. The van der Waals surface area contributed by atoms with Crippen LogP contribution < -0.4 is 10.6 Å². The zero-order chi connectivity index (χ0) is 12.4. The number of anilines is 2. The highest BCUT2D eigenvalue weighted by molar-refractivity contribution is 5.97. The Kier molecular flexibility index (Phi) is 3.22. The molecule has 1 aliphatic carbocycles. The van der Waals surface area contributed by atoms with Crippen molar-refractivity contribution < 1.29 is 9.90 Å². The van der Waals surface area contributed by atoms with E-state index in [0.29, 0.717) is 11.7 Å². The van der Waals surface area contributed by atoms with E-state index in [0.717, 1.165) is 18.7 Å². The molecule has 1 fully saturated rings. The minimum Gasteiger partial charge on any atom is -0.478 e. The first-order chi connectivity index (χ1) is 8.15. The predicted octanol–water partition coefficient (Wildman–Crippen LogP) is 2.35. The van der Waals surface area contributed by atoms with E-state index in [1.807, 2.05) is 6.07 Å². The Morgan fingerprint density at radius 2 is 2.24 bits per heavy atom. The fourth-order valence-corrected chi connectivity index (χ4v) is 2.12. The van der Waals surface area contributed by atoms with Gasteiger partial charge in [0.05, 0.1) is 16.9 Å². The Morgan fingerprint density at radius 1 is 1.53 bits per heavy atom. The molecule has 3 N–H and O–H groups in total. The van der Waals surface area contributed by atoms with Gasteiger partial charge in [-0.2, -0.15) is 0 Å². The molecule has 4 heteroatoms. The Balaban J connectivity index is 2.35. The highest BCUT2D eigenvalue weighted by atomic mass is 16.4. The summed E-state index contributed by atoms with van der Waals surface area (Å²) < 4.78 is 0. The van der Waals surface area contributed by atoms with Gasteiger partial charge in [-0.15, -0.1) is 0 Å². The van der Waals surface area contributed by atoms with Crippen molar-refractivity contribution >= 4 is 17.3 Å². The number of carboxylic acid groups (broad SMARTS) is 1. The van der Waals surface area contributed by atoms with Crippen molar-refractivity contribution in [1.82, 2.24) is 0 Å². The number of nitrogens with zero attached hydrogens (tertiary/aromatic N) is 1. The summed E-state index contributed by atoms with van der Waals surface area (Å²) in [5.74, 6) is -0.961. The standard InChI is InChI=1S/C13H18N2O2/c1-2-8-15(9-6-7-9)11-5-3-4-10(12(11)14)13(16)17/h3-5,9H,2,6-8,14H2,1H3,(H,16,17). The second-order valence-electron chi connectivity index (χ2n) is 4.47. The first-order valence-electron chi connectivity index (χ1n) is 6.03. The van der Waals surface area contributed by atoms with Gasteiger partial charge in [0.1, 0.15) is 0 Å². The molecule has 17 heavy (non-hydrogen) atoms. The highest BCUT2D eigenvalue weighted by Crippen LogP contribution is 2.36. The van der Waals surface area contributed by atoms with Crippen LogP contribution in [0, 0.1) is 0 Å². The largest absolute Gasteiger partial charge is 0.478 e. The number of hydrogen-bond acceptors (Lipinski definition) is 3. The SMILES string of the molecule is CCCN(c1cccc(C(=O)O)c1N)C1CC1. The van der Waals surface area contributed by atoms with E-state index in [2.05, 4.69) is 11.8 Å². The van der Waals surface area contributed by atoms with Crippen molar-refractivity contribution in [2.75, 3.05) is 17.2 Å². The lowest BCUT2D eigenvalue weighted by atomic mass is 10.1. The molecule has 1 aromatic carbocycles. The molecule has 0 saturated heterocycles. The van der Waals surface area contributed by atoms with Crippen molar-refractivity contribution in [3.8, 4) is 0 Å². The van der Waals surface area contributed by atoms with Crippen LogP contribution in [0.2, 0.25) is 0 Å². The molecule has 0 amide bonds. The molecule has 0 radical (unpaired) electrons. The van der Waals surface area contributed by atoms with Gasteiger partial charge in [-0.1, -0.05) is 13.0 Å². The molecule has 92 valence electrons. The van der Waals surface area contributed by atoms with Gasteiger partial charge in [-0.3, -0.25) is 0 Å². The van der Waals surface area contributed by atoms with Crippen LogP contribution in [0.15, 0.2) is 18.2 Å². The minimum atomic E-state index is -0.961. The van der Waals surface area contributed by atoms with E-state index >= 15 is 0 Å². The van der Waals surface area contributed by atoms with Crippen LogP contribution in [-0.4, -0.2) is 23.7 Å². The average molecular weight is 234 g/mol. The van der Waals surface area contributed by atoms with Crippen LogP contribution in [0.1, 0.15) is 36.5 Å². The van der Waals surface area contributed by atoms with Crippen LogP contribution in [0.25, 0.3) is 0 Å². The summed E-state index contributed by atoms with van der Waals surface area (Å²) in [6.45, 7) is 3.05. The Hall–Kier alpha value is -1.71. The number of benzene rings is 1. The fraction of sp³-hybridized carbons (Fsp3) is 0.462. The number of hydrogen-bond donors (Lipinski definition) is 2. The Morgan fingerprint density at radius 3 is 2.76 bits per heavy atom. The van der Waals surface area contributed by atoms with E-state index in [1.54, 1.807) is 12.1 Å². The van der Waals surface area contributed by atoms with Gasteiger partial charge < -0.3 is 15.7 Å². The molecule has 0 unspecified atom stereocenters. The minimum absolute atomic E-state index is 0.198. The number of para-hydroxylation sites is 1. The third kappa shape index (κ3) is 2.35. The first kappa shape index (κ1) is 11.8. The lowest BCUT2D eigenvalue weighted by Crippen LogP contribution is -2.27. The maximum atomic E-state index is 11.0. The van der Waals surface area contributed by atoms with Crippen molar-refractivity contribution in [2.24, 2.45) is 0 Å². The lowest BCUT2D eigenvalue weighted by molar-refractivity contribution is 0.0698. The molecule has 0 aromatic heterocycles. The summed E-state index contributed by atoms with van der Waals surface area (Å²) in [7, 11) is 0. The molecule has 0 aliphatic heterocycles. The van der Waals surface area contributed by atoms with Crippen molar-refractivity contribution in [3.63, 3.8) is 0 Å². The van der Waals surface area contributed by atoms with Gasteiger partial charge >= 0.3 is 5.97 Å². The van der Waals surface area contributed by atoms with Gasteiger partial charge in [0.15, 0.2) is 0 Å². The van der Waals surface area contributed by atoms with Gasteiger partial charge in [-0.25, -0.2) is 4.79 Å². The number of rotatable bonds is 5. The van der Waals surface area contributed by atoms with Crippen molar-refractivity contribution in [2.45, 2.75) is 32.2 Å². The number of nitrogens with two attached hydrogens (primary N) is 1. The van der Waals surface area contributed by atoms with Crippen LogP contribution in [0.5, 0.6) is 0 Å². The van der Waals surface area contributed by atoms with E-state index in [-0.39, 0.29) is 5.56 Å². The molecule has 0 heterocycles. The lowest BCUT2D eigenvalue weighted by Gasteiger charge is -2.26. The number of carbonyl (C=O) groups is 1. The van der Waals surface area contributed by atoms with Crippen LogP contribution >= 0.6 is 0 Å². The van der Waals surface area contributed by atoms with Gasteiger partial charge in [0.25, 0.3) is 0 Å². The fourth-order valence-electron chi connectivity index (χ4n) is 2.12. The quantitative estimate of drug-likeness (QED) is 0.767. The van der Waals surface area contributed by atoms with E-state index in [1.165, 1.54) is 12.8 Å². The van der Waals surface area contributed by atoms with E-state index in [4.69, 9.17) is 10.8 Å². The summed E-state index contributed by atoms with van der Waals surface area (Å²) in [4.78, 5) is 13.3. The highest BCUT2D eigenvalue weighted by Gasteiger charge is 2.30. The molecule has 1 saturated carbocycles. The second kappa shape index (κ2) is 4.65. The van der Waals surface area contributed by atoms with Gasteiger partial charge in [0.2, 0.25) is 0 Å². The average Bonchev–Trinajstić information content (AvgIpc) is 3.10. The summed E-state index contributed by atoms with van der Waals surface area (Å²) in [6, 6.07) is 5.77. The Bertz CT molecular complexity index is 427. The monoisotopic (exact) mass is 234 g/mol. The number of aromatic carboxylic acids is 1.